The third-order valence-electron chi connectivity index (χ3n) is 2.80. The fourth-order valence-corrected chi connectivity index (χ4v) is 2.16. The monoisotopic (exact) mass is 269 g/mol. The molecule has 1 aromatic rings. The SMILES string of the molecule is COC(CN1C(=O)C(=O)c2cccc(Cl)c21)OC. The molecule has 0 fully saturated rings. The third kappa shape index (κ3) is 2.01. The lowest BCUT2D eigenvalue weighted by atomic mass is 10.1. The zero-order valence-electron chi connectivity index (χ0n) is 9.97. The molecular weight excluding hydrogens is 258 g/mol. The molecule has 1 aliphatic heterocycles. The summed E-state index contributed by atoms with van der Waals surface area (Å²) < 4.78 is 10.1. The molecule has 1 amide bonds. The normalized spacial score (nSPS) is 14.6. The first-order chi connectivity index (χ1) is 8.60. The summed E-state index contributed by atoms with van der Waals surface area (Å²) in [5.41, 5.74) is 0.742. The van der Waals surface area contributed by atoms with Crippen LogP contribution in [-0.2, 0) is 14.3 Å². The number of hydrogen-bond acceptors (Lipinski definition) is 4. The summed E-state index contributed by atoms with van der Waals surface area (Å²) in [6.45, 7) is 0.119. The number of rotatable bonds is 4. The Kier molecular flexibility index (Phi) is 3.65. The van der Waals surface area contributed by atoms with E-state index in [0.29, 0.717) is 16.3 Å². The van der Waals surface area contributed by atoms with Crippen molar-refractivity contribution in [3.63, 3.8) is 0 Å². The quantitative estimate of drug-likeness (QED) is 0.614. The molecule has 0 radical (unpaired) electrons. The van der Waals surface area contributed by atoms with Gasteiger partial charge in [-0.2, -0.15) is 0 Å². The van der Waals surface area contributed by atoms with Crippen LogP contribution in [0.25, 0.3) is 0 Å². The van der Waals surface area contributed by atoms with Gasteiger partial charge in [-0.15, -0.1) is 0 Å². The molecular formula is C12H12ClNO4. The van der Waals surface area contributed by atoms with E-state index in [0.717, 1.165) is 0 Å². The second-order valence-corrected chi connectivity index (χ2v) is 4.19. The molecule has 1 heterocycles. The Morgan fingerprint density at radius 2 is 1.94 bits per heavy atom. The molecule has 0 N–H and O–H groups in total. The van der Waals surface area contributed by atoms with Gasteiger partial charge in [0, 0.05) is 14.2 Å². The van der Waals surface area contributed by atoms with E-state index in [-0.39, 0.29) is 6.54 Å². The maximum Gasteiger partial charge on any atom is 0.299 e. The summed E-state index contributed by atoms with van der Waals surface area (Å²) in [5, 5.41) is 0.359. The largest absolute Gasteiger partial charge is 0.354 e. The van der Waals surface area contributed by atoms with E-state index in [9.17, 15) is 9.59 Å². The Labute approximate surface area is 109 Å². The number of fused-ring (bicyclic) bond motifs is 1. The van der Waals surface area contributed by atoms with E-state index in [4.69, 9.17) is 21.1 Å². The number of Topliss-reactive ketones (excluding diaryl/α,β-unsaturated/α-hetero) is 1. The molecule has 0 aromatic heterocycles. The van der Waals surface area contributed by atoms with Gasteiger partial charge in [0.25, 0.3) is 11.7 Å². The number of anilines is 1. The number of nitrogens with zero attached hydrogens (tertiary/aromatic N) is 1. The molecule has 0 aliphatic carbocycles. The van der Waals surface area contributed by atoms with Crippen molar-refractivity contribution in [1.29, 1.82) is 0 Å². The van der Waals surface area contributed by atoms with Gasteiger partial charge >= 0.3 is 0 Å². The third-order valence-corrected chi connectivity index (χ3v) is 3.10. The predicted octanol–water partition coefficient (Wildman–Crippen LogP) is 1.49. The van der Waals surface area contributed by atoms with Crippen LogP contribution in [0.15, 0.2) is 18.2 Å². The van der Waals surface area contributed by atoms with Crippen LogP contribution >= 0.6 is 11.6 Å². The maximum absolute atomic E-state index is 11.9. The summed E-state index contributed by atoms with van der Waals surface area (Å²) in [5.74, 6) is -1.17. The van der Waals surface area contributed by atoms with Crippen LogP contribution in [0.1, 0.15) is 10.4 Å². The van der Waals surface area contributed by atoms with Crippen molar-refractivity contribution < 1.29 is 19.1 Å². The second-order valence-electron chi connectivity index (χ2n) is 3.78. The van der Waals surface area contributed by atoms with Crippen LogP contribution in [0.5, 0.6) is 0 Å². The zero-order chi connectivity index (χ0) is 13.3. The van der Waals surface area contributed by atoms with Crippen LogP contribution in [0.3, 0.4) is 0 Å². The van der Waals surface area contributed by atoms with Crippen LogP contribution in [0.2, 0.25) is 5.02 Å². The fourth-order valence-electron chi connectivity index (χ4n) is 1.88. The molecule has 0 saturated heterocycles. The lowest BCUT2D eigenvalue weighted by Gasteiger charge is -2.22. The van der Waals surface area contributed by atoms with Crippen molar-refractivity contribution in [3.05, 3.63) is 28.8 Å². The van der Waals surface area contributed by atoms with E-state index >= 15 is 0 Å². The molecule has 18 heavy (non-hydrogen) atoms. The van der Waals surface area contributed by atoms with E-state index in [1.807, 2.05) is 0 Å². The van der Waals surface area contributed by atoms with Gasteiger partial charge in [0.2, 0.25) is 0 Å². The van der Waals surface area contributed by atoms with Crippen LogP contribution < -0.4 is 4.90 Å². The molecule has 5 nitrogen and oxygen atoms in total. The smallest absolute Gasteiger partial charge is 0.299 e. The van der Waals surface area contributed by atoms with Crippen molar-refractivity contribution >= 4 is 29.0 Å². The summed E-state index contributed by atoms with van der Waals surface area (Å²) in [7, 11) is 2.92. The van der Waals surface area contributed by atoms with Gasteiger partial charge in [-0.1, -0.05) is 17.7 Å². The number of halogens is 1. The number of benzene rings is 1. The molecule has 0 spiro atoms. The van der Waals surface area contributed by atoms with E-state index < -0.39 is 18.0 Å². The fraction of sp³-hybridized carbons (Fsp3) is 0.333. The number of amides is 1. The average molecular weight is 270 g/mol. The minimum absolute atomic E-state index is 0.119. The molecule has 0 bridgehead atoms. The molecule has 96 valence electrons. The lowest BCUT2D eigenvalue weighted by molar-refractivity contribution is -0.119. The Balaban J connectivity index is 2.39. The molecule has 0 atom stereocenters. The van der Waals surface area contributed by atoms with Crippen LogP contribution in [-0.4, -0.2) is 38.7 Å². The molecule has 2 rings (SSSR count). The van der Waals surface area contributed by atoms with Crippen LogP contribution in [0, 0.1) is 0 Å². The first-order valence-electron chi connectivity index (χ1n) is 5.30. The van der Waals surface area contributed by atoms with Gasteiger partial charge < -0.3 is 9.47 Å². The highest BCUT2D eigenvalue weighted by molar-refractivity contribution is 6.54. The van der Waals surface area contributed by atoms with E-state index in [1.54, 1.807) is 18.2 Å². The Bertz CT molecular complexity index is 499. The summed E-state index contributed by atoms with van der Waals surface area (Å²) in [6.07, 6.45) is -0.607. The van der Waals surface area contributed by atoms with Gasteiger partial charge in [0.1, 0.15) is 0 Å². The Hall–Kier alpha value is -1.43. The molecule has 1 aromatic carbocycles. The van der Waals surface area contributed by atoms with Crippen molar-refractivity contribution in [3.8, 4) is 0 Å². The highest BCUT2D eigenvalue weighted by Gasteiger charge is 2.38. The number of para-hydroxylation sites is 1. The number of carbonyl (C=O) groups is 2. The highest BCUT2D eigenvalue weighted by Crippen LogP contribution is 2.35. The summed E-state index contributed by atoms with van der Waals surface area (Å²) in [4.78, 5) is 25.0. The topological polar surface area (TPSA) is 55.8 Å². The van der Waals surface area contributed by atoms with Crippen molar-refractivity contribution in [2.24, 2.45) is 0 Å². The van der Waals surface area contributed by atoms with E-state index in [2.05, 4.69) is 0 Å². The summed E-state index contributed by atoms with van der Waals surface area (Å²) in [6, 6.07) is 4.85. The summed E-state index contributed by atoms with van der Waals surface area (Å²) >= 11 is 6.04. The number of carbonyl (C=O) groups excluding carboxylic acids is 2. The highest BCUT2D eigenvalue weighted by atomic mass is 35.5. The number of ketones is 1. The second kappa shape index (κ2) is 5.06. The molecule has 6 heteroatoms. The first kappa shape index (κ1) is 13.0. The number of methoxy groups -OCH3 is 2. The van der Waals surface area contributed by atoms with Crippen molar-refractivity contribution in [1.82, 2.24) is 0 Å². The molecule has 0 saturated carbocycles. The average Bonchev–Trinajstić information content (AvgIpc) is 2.62. The standard InChI is InChI=1S/C12H12ClNO4/c1-17-9(18-2)6-14-10-7(11(15)12(14)16)4-3-5-8(10)13/h3-5,9H,6H2,1-2H3. The Morgan fingerprint density at radius 3 is 2.56 bits per heavy atom. The lowest BCUT2D eigenvalue weighted by Crippen LogP contribution is -2.38. The number of ether oxygens (including phenoxy) is 2. The van der Waals surface area contributed by atoms with Gasteiger partial charge in [0.05, 0.1) is 22.8 Å². The van der Waals surface area contributed by atoms with Gasteiger partial charge in [-0.3, -0.25) is 14.5 Å². The first-order valence-corrected chi connectivity index (χ1v) is 5.68. The van der Waals surface area contributed by atoms with E-state index in [1.165, 1.54) is 19.1 Å². The Morgan fingerprint density at radius 1 is 1.28 bits per heavy atom. The molecule has 0 unspecified atom stereocenters. The van der Waals surface area contributed by atoms with Crippen LogP contribution in [0.4, 0.5) is 5.69 Å². The number of hydrogen-bond donors (Lipinski definition) is 0. The van der Waals surface area contributed by atoms with Crippen molar-refractivity contribution in [2.45, 2.75) is 6.29 Å². The van der Waals surface area contributed by atoms with Gasteiger partial charge in [-0.05, 0) is 12.1 Å². The van der Waals surface area contributed by atoms with Gasteiger partial charge in [-0.25, -0.2) is 0 Å². The maximum atomic E-state index is 11.9. The zero-order valence-corrected chi connectivity index (χ0v) is 10.7. The predicted molar refractivity (Wildman–Crippen MR) is 65.9 cm³/mol. The minimum Gasteiger partial charge on any atom is -0.354 e. The van der Waals surface area contributed by atoms with Gasteiger partial charge in [0.15, 0.2) is 6.29 Å². The minimum atomic E-state index is -0.614. The van der Waals surface area contributed by atoms with Crippen molar-refractivity contribution in [2.75, 3.05) is 25.7 Å². The molecule has 1 aliphatic rings.